The largest absolute Gasteiger partial charge is 0.380 e. The molecule has 4 nitrogen and oxygen atoms in total. The molecule has 0 saturated heterocycles. The summed E-state index contributed by atoms with van der Waals surface area (Å²) in [5, 5.41) is 5.92. The van der Waals surface area contributed by atoms with Crippen LogP contribution in [0.25, 0.3) is 0 Å². The molecule has 0 saturated carbocycles. The number of hydrogen-bond acceptors (Lipinski definition) is 3. The van der Waals surface area contributed by atoms with Crippen molar-refractivity contribution in [1.82, 2.24) is 4.98 Å². The molecule has 2 aromatic carbocycles. The van der Waals surface area contributed by atoms with Crippen molar-refractivity contribution in [2.75, 3.05) is 10.6 Å². The second-order valence-corrected chi connectivity index (χ2v) is 5.88. The Bertz CT molecular complexity index is 877. The van der Waals surface area contributed by atoms with Gasteiger partial charge in [-0.25, -0.2) is 9.37 Å². The molecule has 1 amide bonds. The molecule has 0 unspecified atom stereocenters. The molecule has 26 heavy (non-hydrogen) atoms. The van der Waals surface area contributed by atoms with Gasteiger partial charge in [0.05, 0.1) is 11.9 Å². The van der Waals surface area contributed by atoms with Crippen molar-refractivity contribution in [3.63, 3.8) is 0 Å². The number of rotatable bonds is 6. The molecular weight excluding hydrogens is 329 g/mol. The Balaban J connectivity index is 1.59. The number of aromatic nitrogens is 1. The van der Waals surface area contributed by atoms with Crippen LogP contribution in [-0.2, 0) is 13.0 Å². The Morgan fingerprint density at radius 1 is 1.00 bits per heavy atom. The molecule has 3 aromatic rings. The second kappa shape index (κ2) is 8.25. The molecule has 0 atom stereocenters. The quantitative estimate of drug-likeness (QED) is 0.681. The smallest absolute Gasteiger partial charge is 0.274 e. The van der Waals surface area contributed by atoms with Gasteiger partial charge in [-0.15, -0.1) is 0 Å². The SMILES string of the molecule is CCc1ccc(NC(=O)c2ccc(NCc3ccccc3F)cn2)cc1. The maximum absolute atomic E-state index is 13.6. The topological polar surface area (TPSA) is 54.0 Å². The van der Waals surface area contributed by atoms with Crippen LogP contribution in [0.1, 0.15) is 28.5 Å². The summed E-state index contributed by atoms with van der Waals surface area (Å²) < 4.78 is 13.6. The first kappa shape index (κ1) is 17.6. The summed E-state index contributed by atoms with van der Waals surface area (Å²) in [5.74, 6) is -0.520. The van der Waals surface area contributed by atoms with E-state index in [1.807, 2.05) is 24.3 Å². The summed E-state index contributed by atoms with van der Waals surface area (Å²) in [7, 11) is 0. The standard InChI is InChI=1S/C21H20FN3O/c1-2-15-7-9-17(10-8-15)25-21(26)20-12-11-18(14-24-20)23-13-16-5-3-4-6-19(16)22/h3-12,14,23H,2,13H2,1H3,(H,25,26). The Morgan fingerprint density at radius 3 is 2.38 bits per heavy atom. The van der Waals surface area contributed by atoms with Gasteiger partial charge in [-0.2, -0.15) is 0 Å². The minimum Gasteiger partial charge on any atom is -0.380 e. The predicted octanol–water partition coefficient (Wildman–Crippen LogP) is 4.65. The summed E-state index contributed by atoms with van der Waals surface area (Å²) in [6.07, 6.45) is 2.52. The normalized spacial score (nSPS) is 10.4. The lowest BCUT2D eigenvalue weighted by molar-refractivity contribution is 0.102. The van der Waals surface area contributed by atoms with E-state index in [4.69, 9.17) is 0 Å². The van der Waals surface area contributed by atoms with Gasteiger partial charge in [0.15, 0.2) is 0 Å². The molecule has 0 bridgehead atoms. The van der Waals surface area contributed by atoms with Crippen molar-refractivity contribution >= 4 is 17.3 Å². The number of benzene rings is 2. The first-order valence-electron chi connectivity index (χ1n) is 8.49. The van der Waals surface area contributed by atoms with E-state index in [1.54, 1.807) is 36.5 Å². The maximum Gasteiger partial charge on any atom is 0.274 e. The van der Waals surface area contributed by atoms with Gasteiger partial charge >= 0.3 is 0 Å². The zero-order chi connectivity index (χ0) is 18.4. The third kappa shape index (κ3) is 4.45. The Kier molecular flexibility index (Phi) is 5.59. The van der Waals surface area contributed by atoms with Gasteiger partial charge in [0.2, 0.25) is 0 Å². The lowest BCUT2D eigenvalue weighted by atomic mass is 10.1. The molecule has 2 N–H and O–H groups in total. The third-order valence-electron chi connectivity index (χ3n) is 4.06. The van der Waals surface area contributed by atoms with Crippen molar-refractivity contribution in [2.45, 2.75) is 19.9 Å². The van der Waals surface area contributed by atoms with Crippen molar-refractivity contribution in [2.24, 2.45) is 0 Å². The summed E-state index contributed by atoms with van der Waals surface area (Å²) in [4.78, 5) is 16.4. The first-order chi connectivity index (χ1) is 12.7. The monoisotopic (exact) mass is 349 g/mol. The number of halogens is 1. The molecule has 0 spiro atoms. The zero-order valence-electron chi connectivity index (χ0n) is 14.5. The van der Waals surface area contributed by atoms with Crippen LogP contribution in [0, 0.1) is 5.82 Å². The van der Waals surface area contributed by atoms with Crippen LogP contribution in [0.4, 0.5) is 15.8 Å². The van der Waals surface area contributed by atoms with Gasteiger partial charge in [-0.05, 0) is 42.3 Å². The predicted molar refractivity (Wildman–Crippen MR) is 102 cm³/mol. The summed E-state index contributed by atoms with van der Waals surface area (Å²) in [6, 6.07) is 17.7. The maximum atomic E-state index is 13.6. The number of anilines is 2. The molecule has 1 heterocycles. The molecule has 132 valence electrons. The molecule has 0 radical (unpaired) electrons. The highest BCUT2D eigenvalue weighted by atomic mass is 19.1. The number of aryl methyl sites for hydroxylation is 1. The van der Waals surface area contributed by atoms with Crippen LogP contribution < -0.4 is 10.6 Å². The van der Waals surface area contributed by atoms with Crippen LogP contribution in [-0.4, -0.2) is 10.9 Å². The fraction of sp³-hybridized carbons (Fsp3) is 0.143. The van der Waals surface area contributed by atoms with Gasteiger partial charge in [0, 0.05) is 17.8 Å². The van der Waals surface area contributed by atoms with Gasteiger partial charge < -0.3 is 10.6 Å². The van der Waals surface area contributed by atoms with E-state index in [0.29, 0.717) is 17.8 Å². The van der Waals surface area contributed by atoms with Crippen molar-refractivity contribution in [3.8, 4) is 0 Å². The molecule has 0 fully saturated rings. The van der Waals surface area contributed by atoms with Crippen molar-refractivity contribution in [3.05, 3.63) is 89.5 Å². The van der Waals surface area contributed by atoms with Gasteiger partial charge in [0.25, 0.3) is 5.91 Å². The molecule has 1 aromatic heterocycles. The highest BCUT2D eigenvalue weighted by Gasteiger charge is 2.08. The number of hydrogen-bond donors (Lipinski definition) is 2. The van der Waals surface area contributed by atoms with Gasteiger partial charge in [0.1, 0.15) is 11.5 Å². The van der Waals surface area contributed by atoms with E-state index in [0.717, 1.165) is 17.8 Å². The van der Waals surface area contributed by atoms with E-state index < -0.39 is 0 Å². The number of pyridine rings is 1. The van der Waals surface area contributed by atoms with E-state index in [1.165, 1.54) is 11.6 Å². The van der Waals surface area contributed by atoms with Crippen molar-refractivity contribution < 1.29 is 9.18 Å². The van der Waals surface area contributed by atoms with E-state index >= 15 is 0 Å². The zero-order valence-corrected chi connectivity index (χ0v) is 14.5. The lowest BCUT2D eigenvalue weighted by Gasteiger charge is -2.08. The van der Waals surface area contributed by atoms with E-state index in [9.17, 15) is 9.18 Å². The fourth-order valence-corrected chi connectivity index (χ4v) is 2.49. The molecule has 0 aliphatic carbocycles. The number of carbonyl (C=O) groups is 1. The summed E-state index contributed by atoms with van der Waals surface area (Å²) in [6.45, 7) is 2.43. The average molecular weight is 349 g/mol. The molecule has 3 rings (SSSR count). The van der Waals surface area contributed by atoms with Gasteiger partial charge in [-0.3, -0.25) is 4.79 Å². The Morgan fingerprint density at radius 2 is 1.73 bits per heavy atom. The second-order valence-electron chi connectivity index (χ2n) is 5.88. The first-order valence-corrected chi connectivity index (χ1v) is 8.49. The van der Waals surface area contributed by atoms with Crippen LogP contribution >= 0.6 is 0 Å². The molecule has 5 heteroatoms. The Labute approximate surface area is 152 Å². The highest BCUT2D eigenvalue weighted by molar-refractivity contribution is 6.02. The number of amides is 1. The van der Waals surface area contributed by atoms with Crippen LogP contribution in [0.15, 0.2) is 66.9 Å². The minimum absolute atomic E-state index is 0.252. The van der Waals surface area contributed by atoms with E-state index in [-0.39, 0.29) is 11.7 Å². The van der Waals surface area contributed by atoms with Crippen LogP contribution in [0.2, 0.25) is 0 Å². The van der Waals surface area contributed by atoms with Crippen LogP contribution in [0.5, 0.6) is 0 Å². The number of nitrogens with one attached hydrogen (secondary N) is 2. The average Bonchev–Trinajstić information content (AvgIpc) is 2.68. The molecular formula is C21H20FN3O. The number of carbonyl (C=O) groups excluding carboxylic acids is 1. The van der Waals surface area contributed by atoms with Gasteiger partial charge in [-0.1, -0.05) is 37.3 Å². The van der Waals surface area contributed by atoms with Crippen LogP contribution in [0.3, 0.4) is 0 Å². The van der Waals surface area contributed by atoms with Crippen molar-refractivity contribution in [1.29, 1.82) is 0 Å². The minimum atomic E-state index is -0.269. The molecule has 0 aliphatic rings. The third-order valence-corrected chi connectivity index (χ3v) is 4.06. The summed E-state index contributed by atoms with van der Waals surface area (Å²) in [5.41, 5.74) is 3.56. The fourth-order valence-electron chi connectivity index (χ4n) is 2.49. The Hall–Kier alpha value is -3.21. The van der Waals surface area contributed by atoms with E-state index in [2.05, 4.69) is 22.5 Å². The number of nitrogens with zero attached hydrogens (tertiary/aromatic N) is 1. The highest BCUT2D eigenvalue weighted by Crippen LogP contribution is 2.14. The molecule has 0 aliphatic heterocycles. The summed E-state index contributed by atoms with van der Waals surface area (Å²) >= 11 is 0. The lowest BCUT2D eigenvalue weighted by Crippen LogP contribution is -2.13.